The van der Waals surface area contributed by atoms with Gasteiger partial charge in [-0.1, -0.05) is 12.1 Å². The number of ether oxygens (including phenoxy) is 3. The molecule has 0 aromatic heterocycles. The Hall–Kier alpha value is -3.16. The Morgan fingerprint density at radius 2 is 1.48 bits per heavy atom. The van der Waals surface area contributed by atoms with Gasteiger partial charge in [-0.2, -0.15) is 0 Å². The first-order chi connectivity index (χ1) is 12.6. The van der Waals surface area contributed by atoms with E-state index in [4.69, 9.17) is 4.74 Å². The Morgan fingerprint density at radius 3 is 1.93 bits per heavy atom. The molecule has 0 bridgehead atoms. The van der Waals surface area contributed by atoms with Crippen LogP contribution in [-0.2, 0) is 28.6 Å². The Morgan fingerprint density at radius 1 is 0.963 bits per heavy atom. The third kappa shape index (κ3) is 7.31. The molecule has 0 spiro atoms. The van der Waals surface area contributed by atoms with Crippen molar-refractivity contribution in [1.29, 1.82) is 0 Å². The SMILES string of the molecule is COC(=O)C(NC(=O)c1ccc(C=CC(=O)OC(C)(C)C)cc1)C(=O)OC. The van der Waals surface area contributed by atoms with Gasteiger partial charge in [-0.05, 0) is 44.5 Å². The van der Waals surface area contributed by atoms with Crippen LogP contribution in [0.4, 0.5) is 0 Å². The average molecular weight is 377 g/mol. The largest absolute Gasteiger partial charge is 0.467 e. The molecule has 0 aliphatic carbocycles. The number of carbonyl (C=O) groups is 4. The van der Waals surface area contributed by atoms with Crippen molar-refractivity contribution in [2.75, 3.05) is 14.2 Å². The predicted molar refractivity (Wildman–Crippen MR) is 96.6 cm³/mol. The average Bonchev–Trinajstić information content (AvgIpc) is 2.62. The van der Waals surface area contributed by atoms with Crippen LogP contribution in [0.5, 0.6) is 0 Å². The van der Waals surface area contributed by atoms with Gasteiger partial charge in [0.15, 0.2) is 0 Å². The van der Waals surface area contributed by atoms with Crippen molar-refractivity contribution in [2.24, 2.45) is 0 Å². The summed E-state index contributed by atoms with van der Waals surface area (Å²) in [5.41, 5.74) is 0.288. The number of rotatable bonds is 6. The number of hydrogen-bond acceptors (Lipinski definition) is 7. The molecule has 0 aliphatic heterocycles. The fraction of sp³-hybridized carbons (Fsp3) is 0.368. The smallest absolute Gasteiger partial charge is 0.340 e. The Bertz CT molecular complexity index is 713. The van der Waals surface area contributed by atoms with E-state index < -0.39 is 35.5 Å². The molecular weight excluding hydrogens is 354 g/mol. The van der Waals surface area contributed by atoms with Gasteiger partial charge in [0.25, 0.3) is 5.91 Å². The second-order valence-electron chi connectivity index (χ2n) is 6.44. The van der Waals surface area contributed by atoms with Crippen molar-refractivity contribution in [1.82, 2.24) is 5.32 Å². The van der Waals surface area contributed by atoms with Crippen LogP contribution in [-0.4, -0.2) is 49.7 Å². The number of hydrogen-bond donors (Lipinski definition) is 1. The second-order valence-corrected chi connectivity index (χ2v) is 6.44. The molecule has 0 heterocycles. The van der Waals surface area contributed by atoms with Gasteiger partial charge in [-0.15, -0.1) is 0 Å². The van der Waals surface area contributed by atoms with Gasteiger partial charge in [0.2, 0.25) is 6.04 Å². The molecule has 8 heteroatoms. The lowest BCUT2D eigenvalue weighted by molar-refractivity contribution is -0.155. The summed E-state index contributed by atoms with van der Waals surface area (Å²) in [4.78, 5) is 47.0. The molecule has 0 saturated heterocycles. The van der Waals surface area contributed by atoms with Crippen molar-refractivity contribution in [2.45, 2.75) is 32.4 Å². The van der Waals surface area contributed by atoms with E-state index in [1.807, 2.05) is 0 Å². The van der Waals surface area contributed by atoms with Crippen LogP contribution in [0.15, 0.2) is 30.3 Å². The zero-order chi connectivity index (χ0) is 20.6. The minimum atomic E-state index is -1.56. The fourth-order valence-corrected chi connectivity index (χ4v) is 1.91. The molecule has 1 aromatic rings. The summed E-state index contributed by atoms with van der Waals surface area (Å²) < 4.78 is 14.1. The van der Waals surface area contributed by atoms with Gasteiger partial charge in [-0.25, -0.2) is 14.4 Å². The van der Waals surface area contributed by atoms with Crippen molar-refractivity contribution >= 4 is 29.9 Å². The highest BCUT2D eigenvalue weighted by Crippen LogP contribution is 2.10. The van der Waals surface area contributed by atoms with Crippen LogP contribution < -0.4 is 5.32 Å². The van der Waals surface area contributed by atoms with Crippen molar-refractivity contribution in [3.05, 3.63) is 41.5 Å². The lowest BCUT2D eigenvalue weighted by atomic mass is 10.1. The molecule has 0 radical (unpaired) electrons. The van der Waals surface area contributed by atoms with E-state index in [2.05, 4.69) is 14.8 Å². The molecule has 1 N–H and O–H groups in total. The molecule has 27 heavy (non-hydrogen) atoms. The Kier molecular flexibility index (Phi) is 7.71. The maximum Gasteiger partial charge on any atom is 0.340 e. The van der Waals surface area contributed by atoms with Crippen LogP contribution in [0, 0.1) is 0 Å². The highest BCUT2D eigenvalue weighted by molar-refractivity contribution is 6.05. The number of methoxy groups -OCH3 is 2. The monoisotopic (exact) mass is 377 g/mol. The first kappa shape index (κ1) is 21.9. The summed E-state index contributed by atoms with van der Waals surface area (Å²) in [5, 5.41) is 2.25. The molecule has 1 aromatic carbocycles. The Balaban J connectivity index is 2.80. The fourth-order valence-electron chi connectivity index (χ4n) is 1.91. The topological polar surface area (TPSA) is 108 Å². The lowest BCUT2D eigenvalue weighted by Gasteiger charge is -2.17. The summed E-state index contributed by atoms with van der Waals surface area (Å²) in [6.45, 7) is 5.30. The van der Waals surface area contributed by atoms with E-state index >= 15 is 0 Å². The van der Waals surface area contributed by atoms with Gasteiger partial charge >= 0.3 is 17.9 Å². The molecule has 0 unspecified atom stereocenters. The second kappa shape index (κ2) is 9.51. The van der Waals surface area contributed by atoms with E-state index in [0.717, 1.165) is 14.2 Å². The van der Waals surface area contributed by atoms with E-state index in [1.165, 1.54) is 18.2 Å². The van der Waals surface area contributed by atoms with Crippen LogP contribution >= 0.6 is 0 Å². The third-order valence-electron chi connectivity index (χ3n) is 3.14. The standard InChI is InChI=1S/C19H23NO7/c1-19(2,3)27-14(21)11-8-12-6-9-13(10-7-12)16(22)20-15(17(23)25-4)18(24)26-5/h6-11,15H,1-5H3,(H,20,22). The van der Waals surface area contributed by atoms with E-state index in [9.17, 15) is 19.2 Å². The zero-order valence-corrected chi connectivity index (χ0v) is 15.9. The maximum atomic E-state index is 12.2. The van der Waals surface area contributed by atoms with E-state index in [1.54, 1.807) is 39.0 Å². The van der Waals surface area contributed by atoms with E-state index in [0.29, 0.717) is 5.56 Å². The molecule has 0 aliphatic rings. The summed E-state index contributed by atoms with van der Waals surface area (Å²) in [7, 11) is 2.19. The number of benzene rings is 1. The van der Waals surface area contributed by atoms with Gasteiger partial charge in [0, 0.05) is 11.6 Å². The highest BCUT2D eigenvalue weighted by atomic mass is 16.6. The molecule has 8 nitrogen and oxygen atoms in total. The van der Waals surface area contributed by atoms with Crippen molar-refractivity contribution in [3.8, 4) is 0 Å². The first-order valence-electron chi connectivity index (χ1n) is 8.05. The molecule has 0 fully saturated rings. The maximum absolute atomic E-state index is 12.2. The quantitative estimate of drug-likeness (QED) is 0.346. The molecule has 1 amide bonds. The molecule has 146 valence electrons. The van der Waals surface area contributed by atoms with Gasteiger partial charge in [0.1, 0.15) is 5.60 Å². The van der Waals surface area contributed by atoms with Crippen molar-refractivity contribution in [3.63, 3.8) is 0 Å². The Labute approximate surface area is 157 Å². The van der Waals surface area contributed by atoms with Crippen LogP contribution in [0.3, 0.4) is 0 Å². The lowest BCUT2D eigenvalue weighted by Crippen LogP contribution is -2.47. The number of nitrogens with one attached hydrogen (secondary N) is 1. The molecule has 0 saturated carbocycles. The summed E-state index contributed by atoms with van der Waals surface area (Å²) in [6.07, 6.45) is 2.83. The number of carbonyl (C=O) groups excluding carboxylic acids is 4. The normalized spacial score (nSPS) is 11.2. The molecular formula is C19H23NO7. The minimum absolute atomic E-state index is 0.210. The number of amides is 1. The third-order valence-corrected chi connectivity index (χ3v) is 3.14. The summed E-state index contributed by atoms with van der Waals surface area (Å²) in [5.74, 6) is -3.01. The molecule has 1 rings (SSSR count). The zero-order valence-electron chi connectivity index (χ0n) is 15.9. The van der Waals surface area contributed by atoms with Crippen LogP contribution in [0.1, 0.15) is 36.7 Å². The minimum Gasteiger partial charge on any atom is -0.467 e. The van der Waals surface area contributed by atoms with Crippen LogP contribution in [0.2, 0.25) is 0 Å². The van der Waals surface area contributed by atoms with Gasteiger partial charge < -0.3 is 19.5 Å². The van der Waals surface area contributed by atoms with Crippen molar-refractivity contribution < 1.29 is 33.4 Å². The van der Waals surface area contributed by atoms with Gasteiger partial charge in [-0.3, -0.25) is 4.79 Å². The van der Waals surface area contributed by atoms with Crippen LogP contribution in [0.25, 0.3) is 6.08 Å². The molecule has 0 atom stereocenters. The first-order valence-corrected chi connectivity index (χ1v) is 8.05. The predicted octanol–water partition coefficient (Wildman–Crippen LogP) is 1.49. The number of esters is 3. The summed E-state index contributed by atoms with van der Waals surface area (Å²) >= 11 is 0. The summed E-state index contributed by atoms with van der Waals surface area (Å²) in [6, 6.07) is 4.60. The van der Waals surface area contributed by atoms with E-state index in [-0.39, 0.29) is 5.56 Å². The highest BCUT2D eigenvalue weighted by Gasteiger charge is 2.30. The van der Waals surface area contributed by atoms with Gasteiger partial charge in [0.05, 0.1) is 14.2 Å².